The largest absolute Gasteiger partial charge is 0.618 e. The van der Waals surface area contributed by atoms with E-state index in [1.165, 1.54) is 30.1 Å². The van der Waals surface area contributed by atoms with E-state index in [-0.39, 0.29) is 29.4 Å². The summed E-state index contributed by atoms with van der Waals surface area (Å²) in [6.07, 6.45) is 1.40. The second kappa shape index (κ2) is 7.97. The first kappa shape index (κ1) is 17.3. The van der Waals surface area contributed by atoms with Gasteiger partial charge in [-0.1, -0.05) is 26.0 Å². The summed E-state index contributed by atoms with van der Waals surface area (Å²) in [5.74, 6) is -0.156. The molecule has 1 aromatic heterocycles. The monoisotopic (exact) mass is 334 g/mol. The van der Waals surface area contributed by atoms with Crippen molar-refractivity contribution in [3.8, 4) is 0 Å². The lowest BCUT2D eigenvalue weighted by Gasteiger charge is -2.22. The van der Waals surface area contributed by atoms with Crippen LogP contribution in [0.4, 0.5) is 4.39 Å². The van der Waals surface area contributed by atoms with Gasteiger partial charge in [0.2, 0.25) is 5.91 Å². The molecule has 2 aromatic rings. The number of nitrogens with one attached hydrogen (secondary N) is 1. The van der Waals surface area contributed by atoms with E-state index in [2.05, 4.69) is 5.32 Å². The lowest BCUT2D eigenvalue weighted by molar-refractivity contribution is -0.645. The number of pyridine rings is 1. The summed E-state index contributed by atoms with van der Waals surface area (Å²) < 4.78 is 13.8. The van der Waals surface area contributed by atoms with Crippen LogP contribution < -0.4 is 10.0 Å². The predicted octanol–water partition coefficient (Wildman–Crippen LogP) is 3.06. The highest BCUT2D eigenvalue weighted by atomic mass is 32.2. The number of aromatic nitrogens is 1. The van der Waals surface area contributed by atoms with Crippen molar-refractivity contribution in [2.24, 2.45) is 5.92 Å². The van der Waals surface area contributed by atoms with E-state index < -0.39 is 0 Å². The molecule has 0 saturated carbocycles. The highest BCUT2D eigenvalue weighted by molar-refractivity contribution is 7.99. The Morgan fingerprint density at radius 3 is 2.57 bits per heavy atom. The molecular weight excluding hydrogens is 315 g/mol. The van der Waals surface area contributed by atoms with E-state index in [1.54, 1.807) is 30.3 Å². The number of benzene rings is 1. The van der Waals surface area contributed by atoms with E-state index in [4.69, 9.17) is 0 Å². The van der Waals surface area contributed by atoms with Gasteiger partial charge in [-0.05, 0) is 41.4 Å². The van der Waals surface area contributed by atoms with E-state index in [9.17, 15) is 14.4 Å². The molecule has 23 heavy (non-hydrogen) atoms. The van der Waals surface area contributed by atoms with Crippen molar-refractivity contribution in [2.45, 2.75) is 24.9 Å². The zero-order chi connectivity index (χ0) is 16.8. The van der Waals surface area contributed by atoms with Gasteiger partial charge in [-0.3, -0.25) is 4.79 Å². The second-order valence-electron chi connectivity index (χ2n) is 5.49. The molecule has 6 heteroatoms. The summed E-state index contributed by atoms with van der Waals surface area (Å²) in [6, 6.07) is 11.0. The molecule has 1 aromatic carbocycles. The zero-order valence-corrected chi connectivity index (χ0v) is 13.8. The first-order valence-corrected chi connectivity index (χ1v) is 8.31. The molecule has 0 bridgehead atoms. The van der Waals surface area contributed by atoms with Crippen LogP contribution in [0.25, 0.3) is 0 Å². The summed E-state index contributed by atoms with van der Waals surface area (Å²) in [6.45, 7) is 3.98. The third kappa shape index (κ3) is 4.96. The van der Waals surface area contributed by atoms with Crippen molar-refractivity contribution < 1.29 is 13.9 Å². The number of amides is 1. The smallest absolute Gasteiger partial charge is 0.251 e. The fourth-order valence-electron chi connectivity index (χ4n) is 2.18. The molecule has 4 nitrogen and oxygen atoms in total. The SMILES string of the molecule is CC(C)C(NC(=O)CSc1cccc[n+]1[O-])c1ccc(F)cc1. The third-order valence-electron chi connectivity index (χ3n) is 3.35. The topological polar surface area (TPSA) is 56.0 Å². The molecule has 1 atom stereocenters. The molecule has 1 heterocycles. The first-order chi connectivity index (χ1) is 11.0. The Morgan fingerprint density at radius 2 is 1.96 bits per heavy atom. The molecule has 0 aliphatic rings. The maximum atomic E-state index is 13.0. The molecule has 0 spiro atoms. The molecule has 0 aliphatic carbocycles. The van der Waals surface area contributed by atoms with Gasteiger partial charge in [0, 0.05) is 12.1 Å². The molecule has 1 N–H and O–H groups in total. The Balaban J connectivity index is 1.98. The summed E-state index contributed by atoms with van der Waals surface area (Å²) in [5, 5.41) is 15.0. The van der Waals surface area contributed by atoms with E-state index in [0.29, 0.717) is 5.03 Å². The average molecular weight is 334 g/mol. The predicted molar refractivity (Wildman–Crippen MR) is 88.2 cm³/mol. The van der Waals surface area contributed by atoms with Crippen LogP contribution in [0, 0.1) is 16.9 Å². The summed E-state index contributed by atoms with van der Waals surface area (Å²) in [4.78, 5) is 12.2. The standard InChI is InChI=1S/C17H19FN2O2S/c1-12(2)17(13-6-8-14(18)9-7-13)19-15(21)11-23-16-5-3-4-10-20(16)22/h3-10,12,17H,11H2,1-2H3,(H,19,21). The molecule has 0 saturated heterocycles. The van der Waals surface area contributed by atoms with Crippen molar-refractivity contribution in [2.75, 3.05) is 5.75 Å². The van der Waals surface area contributed by atoms with Crippen molar-refractivity contribution in [3.63, 3.8) is 0 Å². The number of carbonyl (C=O) groups excluding carboxylic acids is 1. The second-order valence-corrected chi connectivity index (χ2v) is 6.49. The Bertz CT molecular complexity index is 662. The number of hydrogen-bond acceptors (Lipinski definition) is 3. The molecule has 1 amide bonds. The molecule has 0 aliphatic heterocycles. The minimum Gasteiger partial charge on any atom is -0.618 e. The van der Waals surface area contributed by atoms with Gasteiger partial charge in [-0.25, -0.2) is 4.39 Å². The number of thioether (sulfide) groups is 1. The summed E-state index contributed by atoms with van der Waals surface area (Å²) >= 11 is 1.18. The molecule has 0 fully saturated rings. The average Bonchev–Trinajstić information content (AvgIpc) is 2.52. The van der Waals surface area contributed by atoms with Gasteiger partial charge in [-0.15, -0.1) is 0 Å². The van der Waals surface area contributed by atoms with Gasteiger partial charge in [0.15, 0.2) is 6.20 Å². The van der Waals surface area contributed by atoms with Gasteiger partial charge in [-0.2, -0.15) is 4.73 Å². The van der Waals surface area contributed by atoms with Crippen molar-refractivity contribution in [1.82, 2.24) is 5.32 Å². The highest BCUT2D eigenvalue weighted by Gasteiger charge is 2.19. The number of nitrogens with zero attached hydrogens (tertiary/aromatic N) is 1. The Labute approximate surface area is 139 Å². The van der Waals surface area contributed by atoms with Crippen LogP contribution >= 0.6 is 11.8 Å². The molecular formula is C17H19FN2O2S. The maximum absolute atomic E-state index is 13.0. The highest BCUT2D eigenvalue weighted by Crippen LogP contribution is 2.22. The maximum Gasteiger partial charge on any atom is 0.251 e. The van der Waals surface area contributed by atoms with Crippen LogP contribution in [-0.4, -0.2) is 11.7 Å². The van der Waals surface area contributed by atoms with Crippen LogP contribution in [0.15, 0.2) is 53.7 Å². The van der Waals surface area contributed by atoms with Crippen molar-refractivity contribution in [1.29, 1.82) is 0 Å². The van der Waals surface area contributed by atoms with Gasteiger partial charge in [0.05, 0.1) is 11.8 Å². The Kier molecular flexibility index (Phi) is 5.98. The molecule has 122 valence electrons. The molecule has 2 rings (SSSR count). The van der Waals surface area contributed by atoms with Crippen LogP contribution in [0.2, 0.25) is 0 Å². The minimum absolute atomic E-state index is 0.149. The van der Waals surface area contributed by atoms with E-state index in [0.717, 1.165) is 10.3 Å². The number of halogens is 1. The van der Waals surface area contributed by atoms with E-state index in [1.807, 2.05) is 13.8 Å². The summed E-state index contributed by atoms with van der Waals surface area (Å²) in [7, 11) is 0. The zero-order valence-electron chi connectivity index (χ0n) is 13.0. The van der Waals surface area contributed by atoms with Gasteiger partial charge in [0.25, 0.3) is 5.03 Å². The fraction of sp³-hybridized carbons (Fsp3) is 0.294. The lowest BCUT2D eigenvalue weighted by atomic mass is 9.96. The number of hydrogen-bond donors (Lipinski definition) is 1. The molecule has 0 radical (unpaired) electrons. The van der Waals surface area contributed by atoms with Gasteiger partial charge < -0.3 is 10.5 Å². The van der Waals surface area contributed by atoms with Crippen molar-refractivity contribution in [3.05, 3.63) is 65.2 Å². The minimum atomic E-state index is -0.304. The quantitative estimate of drug-likeness (QED) is 0.502. The van der Waals surface area contributed by atoms with Crippen LogP contribution in [0.1, 0.15) is 25.5 Å². The Morgan fingerprint density at radius 1 is 1.26 bits per heavy atom. The normalized spacial score (nSPS) is 12.2. The summed E-state index contributed by atoms with van der Waals surface area (Å²) in [5.41, 5.74) is 0.860. The van der Waals surface area contributed by atoms with E-state index >= 15 is 0 Å². The lowest BCUT2D eigenvalue weighted by Crippen LogP contribution is -2.34. The third-order valence-corrected chi connectivity index (χ3v) is 4.37. The van der Waals surface area contributed by atoms with Crippen LogP contribution in [0.5, 0.6) is 0 Å². The van der Waals surface area contributed by atoms with Crippen molar-refractivity contribution >= 4 is 17.7 Å². The number of carbonyl (C=O) groups is 1. The van der Waals surface area contributed by atoms with Gasteiger partial charge in [0.1, 0.15) is 5.82 Å². The Hall–Kier alpha value is -2.08. The molecule has 1 unspecified atom stereocenters. The number of rotatable bonds is 6. The first-order valence-electron chi connectivity index (χ1n) is 7.33. The fourth-order valence-corrected chi connectivity index (χ4v) is 2.91. The van der Waals surface area contributed by atoms with Crippen LogP contribution in [0.3, 0.4) is 0 Å². The van der Waals surface area contributed by atoms with Gasteiger partial charge >= 0.3 is 0 Å². The van der Waals surface area contributed by atoms with Crippen LogP contribution in [-0.2, 0) is 4.79 Å².